The van der Waals surface area contributed by atoms with Crippen molar-refractivity contribution in [3.05, 3.63) is 29.3 Å². The molecule has 1 aromatic rings. The molecule has 1 saturated heterocycles. The van der Waals surface area contributed by atoms with Gasteiger partial charge in [0, 0.05) is 30.3 Å². The number of anilines is 1. The highest BCUT2D eigenvalue weighted by atomic mass is 16.2. The highest BCUT2D eigenvalue weighted by molar-refractivity contribution is 5.98. The van der Waals surface area contributed by atoms with Crippen LogP contribution in [0.15, 0.2) is 18.2 Å². The summed E-state index contributed by atoms with van der Waals surface area (Å²) in [6.07, 6.45) is 3.49. The predicted octanol–water partition coefficient (Wildman–Crippen LogP) is 2.83. The average molecular weight is 286 g/mol. The first-order valence-electron chi connectivity index (χ1n) is 7.78. The van der Waals surface area contributed by atoms with Crippen molar-refractivity contribution in [1.29, 1.82) is 0 Å². The molecule has 2 aliphatic heterocycles. The highest BCUT2D eigenvalue weighted by Gasteiger charge is 2.28. The molecule has 2 amide bonds. The molecular weight excluding hydrogens is 264 g/mol. The fraction of sp³-hybridized carbons (Fsp3) is 0.529. The minimum Gasteiger partial charge on any atom is -0.336 e. The second-order valence-electron chi connectivity index (χ2n) is 6.41. The lowest BCUT2D eigenvalue weighted by atomic mass is 9.93. The van der Waals surface area contributed by atoms with Gasteiger partial charge in [0.15, 0.2) is 0 Å². The van der Waals surface area contributed by atoms with E-state index < -0.39 is 0 Å². The van der Waals surface area contributed by atoms with Crippen LogP contribution in [0.3, 0.4) is 0 Å². The third-order valence-electron chi connectivity index (χ3n) is 4.63. The standard InChI is InChI=1S/C17H22N2O2/c1-11-3-4-12(2)19(10-11)17(21)14-5-7-15-13(9-14)6-8-16(20)18-15/h5,7,9,11-12H,3-4,6,8,10H2,1-2H3,(H,18,20). The lowest BCUT2D eigenvalue weighted by Gasteiger charge is -2.37. The maximum atomic E-state index is 12.7. The molecule has 0 aromatic heterocycles. The first kappa shape index (κ1) is 14.1. The van der Waals surface area contributed by atoms with Crippen molar-refractivity contribution >= 4 is 17.5 Å². The number of hydrogen-bond acceptors (Lipinski definition) is 2. The van der Waals surface area contributed by atoms with E-state index in [-0.39, 0.29) is 11.8 Å². The second-order valence-corrected chi connectivity index (χ2v) is 6.41. The number of likely N-dealkylation sites (tertiary alicyclic amines) is 1. The topological polar surface area (TPSA) is 49.4 Å². The zero-order valence-electron chi connectivity index (χ0n) is 12.7. The van der Waals surface area contributed by atoms with Crippen LogP contribution in [0, 0.1) is 5.92 Å². The Morgan fingerprint density at radius 3 is 2.86 bits per heavy atom. The summed E-state index contributed by atoms with van der Waals surface area (Å²) in [5.41, 5.74) is 2.66. The molecule has 2 atom stereocenters. The maximum Gasteiger partial charge on any atom is 0.254 e. The van der Waals surface area contributed by atoms with Gasteiger partial charge in [-0.25, -0.2) is 0 Å². The number of nitrogens with one attached hydrogen (secondary N) is 1. The normalized spacial score (nSPS) is 25.2. The fourth-order valence-corrected chi connectivity index (χ4v) is 3.25. The molecule has 4 nitrogen and oxygen atoms in total. The van der Waals surface area contributed by atoms with Crippen LogP contribution in [0.4, 0.5) is 5.69 Å². The lowest BCUT2D eigenvalue weighted by Crippen LogP contribution is -2.45. The Hall–Kier alpha value is -1.84. The van der Waals surface area contributed by atoms with E-state index in [0.29, 0.717) is 24.8 Å². The Labute approximate surface area is 125 Å². The van der Waals surface area contributed by atoms with Gasteiger partial charge in [-0.15, -0.1) is 0 Å². The van der Waals surface area contributed by atoms with Gasteiger partial charge in [-0.05, 0) is 55.9 Å². The number of hydrogen-bond donors (Lipinski definition) is 1. The molecule has 21 heavy (non-hydrogen) atoms. The van der Waals surface area contributed by atoms with Crippen molar-refractivity contribution in [2.45, 2.75) is 45.6 Å². The smallest absolute Gasteiger partial charge is 0.254 e. The third kappa shape index (κ3) is 2.80. The lowest BCUT2D eigenvalue weighted by molar-refractivity contribution is -0.116. The van der Waals surface area contributed by atoms with Crippen LogP contribution in [0.25, 0.3) is 0 Å². The van der Waals surface area contributed by atoms with Crippen LogP contribution in [0.1, 0.15) is 49.0 Å². The molecule has 1 aromatic carbocycles. The van der Waals surface area contributed by atoms with Gasteiger partial charge in [0.05, 0.1) is 0 Å². The van der Waals surface area contributed by atoms with E-state index in [4.69, 9.17) is 0 Å². The largest absolute Gasteiger partial charge is 0.336 e. The minimum atomic E-state index is 0.0556. The molecular formula is C17H22N2O2. The Morgan fingerprint density at radius 2 is 2.05 bits per heavy atom. The molecule has 112 valence electrons. The number of benzene rings is 1. The average Bonchev–Trinajstić information content (AvgIpc) is 2.48. The van der Waals surface area contributed by atoms with Crippen LogP contribution in [0.5, 0.6) is 0 Å². The van der Waals surface area contributed by atoms with Crippen LogP contribution < -0.4 is 5.32 Å². The zero-order chi connectivity index (χ0) is 15.0. The van der Waals surface area contributed by atoms with Gasteiger partial charge in [0.25, 0.3) is 5.91 Å². The van der Waals surface area contributed by atoms with Gasteiger partial charge < -0.3 is 10.2 Å². The van der Waals surface area contributed by atoms with E-state index >= 15 is 0 Å². The summed E-state index contributed by atoms with van der Waals surface area (Å²) in [6, 6.07) is 5.95. The maximum absolute atomic E-state index is 12.7. The Kier molecular flexibility index (Phi) is 3.70. The van der Waals surface area contributed by atoms with Crippen molar-refractivity contribution in [2.75, 3.05) is 11.9 Å². The van der Waals surface area contributed by atoms with E-state index in [9.17, 15) is 9.59 Å². The number of carbonyl (C=O) groups is 2. The molecule has 4 heteroatoms. The number of rotatable bonds is 1. The molecule has 0 bridgehead atoms. The molecule has 0 aliphatic carbocycles. The van der Waals surface area contributed by atoms with Crippen molar-refractivity contribution in [3.63, 3.8) is 0 Å². The van der Waals surface area contributed by atoms with Crippen molar-refractivity contribution in [3.8, 4) is 0 Å². The number of aryl methyl sites for hydroxylation is 1. The first-order chi connectivity index (χ1) is 10.0. The van der Waals surface area contributed by atoms with E-state index in [1.165, 1.54) is 6.42 Å². The molecule has 2 unspecified atom stereocenters. The summed E-state index contributed by atoms with van der Waals surface area (Å²) < 4.78 is 0. The number of carbonyl (C=O) groups excluding carboxylic acids is 2. The van der Waals surface area contributed by atoms with Crippen LogP contribution in [-0.2, 0) is 11.2 Å². The number of amides is 2. The SMILES string of the molecule is CC1CCC(C)N(C(=O)c2ccc3c(c2)CCC(=O)N3)C1. The van der Waals surface area contributed by atoms with E-state index in [1.54, 1.807) is 0 Å². The molecule has 3 rings (SSSR count). The van der Waals surface area contributed by atoms with Crippen LogP contribution in [0.2, 0.25) is 0 Å². The molecule has 2 heterocycles. The van der Waals surface area contributed by atoms with E-state index in [1.807, 2.05) is 23.1 Å². The summed E-state index contributed by atoms with van der Waals surface area (Å²) in [5, 5.41) is 2.86. The van der Waals surface area contributed by atoms with Gasteiger partial charge in [0.2, 0.25) is 5.91 Å². The molecule has 2 aliphatic rings. The zero-order valence-corrected chi connectivity index (χ0v) is 12.7. The highest BCUT2D eigenvalue weighted by Crippen LogP contribution is 2.27. The Bertz CT molecular complexity index is 582. The second kappa shape index (κ2) is 5.51. The summed E-state index contributed by atoms with van der Waals surface area (Å²) in [5.74, 6) is 0.746. The van der Waals surface area contributed by atoms with Gasteiger partial charge >= 0.3 is 0 Å². The third-order valence-corrected chi connectivity index (χ3v) is 4.63. The molecule has 1 fully saturated rings. The number of fused-ring (bicyclic) bond motifs is 1. The summed E-state index contributed by atoms with van der Waals surface area (Å²) >= 11 is 0. The van der Waals surface area contributed by atoms with Crippen molar-refractivity contribution in [1.82, 2.24) is 4.90 Å². The van der Waals surface area contributed by atoms with Gasteiger partial charge in [-0.2, -0.15) is 0 Å². The van der Waals surface area contributed by atoms with Gasteiger partial charge in [-0.3, -0.25) is 9.59 Å². The van der Waals surface area contributed by atoms with Crippen LogP contribution >= 0.6 is 0 Å². The Morgan fingerprint density at radius 1 is 1.24 bits per heavy atom. The minimum absolute atomic E-state index is 0.0556. The summed E-state index contributed by atoms with van der Waals surface area (Å²) in [7, 11) is 0. The summed E-state index contributed by atoms with van der Waals surface area (Å²) in [4.78, 5) is 26.1. The monoisotopic (exact) mass is 286 g/mol. The fourth-order valence-electron chi connectivity index (χ4n) is 3.25. The predicted molar refractivity (Wildman–Crippen MR) is 82.3 cm³/mol. The summed E-state index contributed by atoms with van der Waals surface area (Å²) in [6.45, 7) is 5.17. The Balaban J connectivity index is 1.83. The van der Waals surface area contributed by atoms with Crippen molar-refractivity contribution in [2.24, 2.45) is 5.92 Å². The van der Waals surface area contributed by atoms with Crippen LogP contribution in [-0.4, -0.2) is 29.3 Å². The van der Waals surface area contributed by atoms with Crippen molar-refractivity contribution < 1.29 is 9.59 Å². The van der Waals surface area contributed by atoms with Gasteiger partial charge in [-0.1, -0.05) is 6.92 Å². The molecule has 0 spiro atoms. The van der Waals surface area contributed by atoms with E-state index in [2.05, 4.69) is 19.2 Å². The van der Waals surface area contributed by atoms with Gasteiger partial charge in [0.1, 0.15) is 0 Å². The molecule has 0 saturated carbocycles. The molecule has 0 radical (unpaired) electrons. The first-order valence-corrected chi connectivity index (χ1v) is 7.78. The number of nitrogens with zero attached hydrogens (tertiary/aromatic N) is 1. The van der Waals surface area contributed by atoms with E-state index in [0.717, 1.165) is 29.8 Å². The number of piperidine rings is 1. The quantitative estimate of drug-likeness (QED) is 0.863. The molecule has 1 N–H and O–H groups in total.